The van der Waals surface area contributed by atoms with Gasteiger partial charge in [0.1, 0.15) is 11.4 Å². The van der Waals surface area contributed by atoms with Crippen molar-refractivity contribution in [2.75, 3.05) is 5.73 Å². The fourth-order valence-electron chi connectivity index (χ4n) is 1.83. The maximum atomic E-state index is 12.0. The van der Waals surface area contributed by atoms with Crippen molar-refractivity contribution < 1.29 is 9.59 Å². The van der Waals surface area contributed by atoms with Gasteiger partial charge in [-0.3, -0.25) is 9.69 Å². The molecule has 2 heterocycles. The highest BCUT2D eigenvalue weighted by molar-refractivity contribution is 6.06. The molecule has 1 aliphatic rings. The van der Waals surface area contributed by atoms with E-state index in [4.69, 9.17) is 5.73 Å². The fourth-order valence-corrected chi connectivity index (χ4v) is 1.83. The molecule has 1 fully saturated rings. The van der Waals surface area contributed by atoms with Gasteiger partial charge in [0.15, 0.2) is 5.82 Å². The third kappa shape index (κ3) is 2.11. The van der Waals surface area contributed by atoms with Gasteiger partial charge in [-0.15, -0.1) is 0 Å². The molecule has 18 heavy (non-hydrogen) atoms. The van der Waals surface area contributed by atoms with Crippen LogP contribution < -0.4 is 11.1 Å². The molecule has 1 aliphatic heterocycles. The Kier molecular flexibility index (Phi) is 2.68. The number of nitrogens with zero attached hydrogens (tertiary/aromatic N) is 3. The summed E-state index contributed by atoms with van der Waals surface area (Å²) < 4.78 is 0. The van der Waals surface area contributed by atoms with Crippen LogP contribution in [0, 0.1) is 6.92 Å². The first-order chi connectivity index (χ1) is 8.29. The van der Waals surface area contributed by atoms with Crippen molar-refractivity contribution in [2.24, 2.45) is 0 Å². The Bertz CT molecular complexity index is 506. The Hall–Kier alpha value is -2.18. The third-order valence-corrected chi connectivity index (χ3v) is 2.66. The number of nitrogen functional groups attached to an aromatic ring is 1. The average molecular weight is 249 g/mol. The number of nitrogens with one attached hydrogen (secondary N) is 1. The Morgan fingerprint density at radius 3 is 2.56 bits per heavy atom. The number of hydrogen-bond donors (Lipinski definition) is 2. The number of anilines is 1. The van der Waals surface area contributed by atoms with Gasteiger partial charge in [-0.1, -0.05) is 0 Å². The molecule has 3 amide bonds. The van der Waals surface area contributed by atoms with Crippen molar-refractivity contribution in [3.05, 3.63) is 17.6 Å². The third-order valence-electron chi connectivity index (χ3n) is 2.66. The molecule has 1 aromatic rings. The zero-order valence-electron chi connectivity index (χ0n) is 10.5. The summed E-state index contributed by atoms with van der Waals surface area (Å²) in [7, 11) is 0. The Morgan fingerprint density at radius 1 is 1.39 bits per heavy atom. The molecule has 3 N–H and O–H groups in total. The number of nitrogens with two attached hydrogens (primary N) is 1. The summed E-state index contributed by atoms with van der Waals surface area (Å²) in [6.45, 7) is 5.11. The molecule has 0 saturated carbocycles. The van der Waals surface area contributed by atoms with Crippen molar-refractivity contribution in [1.29, 1.82) is 0 Å². The highest BCUT2D eigenvalue weighted by Crippen LogP contribution is 2.18. The Labute approximate surface area is 104 Å². The van der Waals surface area contributed by atoms with Crippen molar-refractivity contribution in [3.8, 4) is 0 Å². The largest absolute Gasteiger partial charge is 0.384 e. The van der Waals surface area contributed by atoms with E-state index in [1.165, 1.54) is 0 Å². The summed E-state index contributed by atoms with van der Waals surface area (Å²) in [5.41, 5.74) is 5.42. The molecular formula is C11H15N5O2. The van der Waals surface area contributed by atoms with Crippen LogP contribution in [0.2, 0.25) is 0 Å². The maximum absolute atomic E-state index is 12.0. The lowest BCUT2D eigenvalue weighted by Gasteiger charge is -2.15. The molecule has 2 rings (SSSR count). The van der Waals surface area contributed by atoms with Crippen LogP contribution in [0.4, 0.5) is 10.6 Å². The fraction of sp³-hybridized carbons (Fsp3) is 0.455. The monoisotopic (exact) mass is 249 g/mol. The molecule has 0 aromatic carbocycles. The number of rotatable bonds is 2. The second-order valence-corrected chi connectivity index (χ2v) is 4.80. The van der Waals surface area contributed by atoms with Gasteiger partial charge in [0.25, 0.3) is 5.91 Å². The first-order valence-electron chi connectivity index (χ1n) is 5.54. The van der Waals surface area contributed by atoms with Gasteiger partial charge in [0.2, 0.25) is 0 Å². The Morgan fingerprint density at radius 2 is 2.06 bits per heavy atom. The van der Waals surface area contributed by atoms with Gasteiger partial charge in [0.05, 0.1) is 6.54 Å². The Balaban J connectivity index is 2.24. The molecule has 0 radical (unpaired) electrons. The molecule has 0 aliphatic carbocycles. The van der Waals surface area contributed by atoms with Crippen LogP contribution in [0.3, 0.4) is 0 Å². The van der Waals surface area contributed by atoms with Crippen LogP contribution in [0.25, 0.3) is 0 Å². The highest BCUT2D eigenvalue weighted by Gasteiger charge is 2.44. The van der Waals surface area contributed by atoms with Gasteiger partial charge in [0, 0.05) is 11.8 Å². The molecule has 96 valence electrons. The lowest BCUT2D eigenvalue weighted by molar-refractivity contribution is -0.130. The minimum atomic E-state index is -0.882. The van der Waals surface area contributed by atoms with Crippen LogP contribution in [0.5, 0.6) is 0 Å². The van der Waals surface area contributed by atoms with Crippen molar-refractivity contribution in [3.63, 3.8) is 0 Å². The van der Waals surface area contributed by atoms with Gasteiger partial charge < -0.3 is 11.1 Å². The lowest BCUT2D eigenvalue weighted by Crippen LogP contribution is -2.40. The van der Waals surface area contributed by atoms with E-state index in [-0.39, 0.29) is 12.5 Å². The molecule has 0 atom stereocenters. The van der Waals surface area contributed by atoms with Crippen molar-refractivity contribution in [2.45, 2.75) is 32.9 Å². The van der Waals surface area contributed by atoms with Gasteiger partial charge in [-0.05, 0) is 20.8 Å². The van der Waals surface area contributed by atoms with E-state index in [0.29, 0.717) is 17.3 Å². The van der Waals surface area contributed by atoms with E-state index >= 15 is 0 Å². The minimum absolute atomic E-state index is 0.0278. The number of amides is 3. The zero-order chi connectivity index (χ0) is 13.5. The van der Waals surface area contributed by atoms with Crippen LogP contribution in [0.15, 0.2) is 6.07 Å². The average Bonchev–Trinajstić information content (AvgIpc) is 2.39. The molecule has 0 unspecified atom stereocenters. The molecular weight excluding hydrogens is 234 g/mol. The van der Waals surface area contributed by atoms with E-state index in [1.54, 1.807) is 26.8 Å². The van der Waals surface area contributed by atoms with Crippen LogP contribution in [0.1, 0.15) is 25.4 Å². The van der Waals surface area contributed by atoms with Crippen LogP contribution >= 0.6 is 0 Å². The van der Waals surface area contributed by atoms with E-state index in [9.17, 15) is 9.59 Å². The molecule has 0 bridgehead atoms. The predicted molar refractivity (Wildman–Crippen MR) is 64.3 cm³/mol. The maximum Gasteiger partial charge on any atom is 0.325 e. The van der Waals surface area contributed by atoms with Crippen molar-refractivity contribution in [1.82, 2.24) is 20.2 Å². The van der Waals surface area contributed by atoms with Gasteiger partial charge in [-0.25, -0.2) is 14.8 Å². The summed E-state index contributed by atoms with van der Waals surface area (Å²) in [4.78, 5) is 32.9. The van der Waals surface area contributed by atoms with E-state index in [2.05, 4.69) is 15.3 Å². The number of aryl methyl sites for hydroxylation is 1. The number of aromatic nitrogens is 2. The molecule has 7 heteroatoms. The predicted octanol–water partition coefficient (Wildman–Crippen LogP) is 0.198. The number of hydrogen-bond acceptors (Lipinski definition) is 5. The van der Waals surface area contributed by atoms with Crippen molar-refractivity contribution >= 4 is 17.8 Å². The number of carbonyl (C=O) groups excluding carboxylic acids is 2. The van der Waals surface area contributed by atoms with E-state index < -0.39 is 11.6 Å². The molecule has 1 saturated heterocycles. The topological polar surface area (TPSA) is 101 Å². The minimum Gasteiger partial charge on any atom is -0.384 e. The first kappa shape index (κ1) is 12.3. The smallest absolute Gasteiger partial charge is 0.325 e. The summed E-state index contributed by atoms with van der Waals surface area (Å²) in [6, 6.07) is 1.19. The van der Waals surface area contributed by atoms with Crippen LogP contribution in [-0.4, -0.2) is 32.3 Å². The van der Waals surface area contributed by atoms with E-state index in [1.807, 2.05) is 0 Å². The summed E-state index contributed by atoms with van der Waals surface area (Å²) >= 11 is 0. The highest BCUT2D eigenvalue weighted by atomic mass is 16.2. The quantitative estimate of drug-likeness (QED) is 0.729. The van der Waals surface area contributed by atoms with Crippen LogP contribution in [-0.2, 0) is 11.3 Å². The zero-order valence-corrected chi connectivity index (χ0v) is 10.5. The summed E-state index contributed by atoms with van der Waals surface area (Å²) in [6.07, 6.45) is 0. The molecule has 0 spiro atoms. The lowest BCUT2D eigenvalue weighted by atomic mass is 10.1. The SMILES string of the molecule is Cc1cc(N)nc(CN2C(=O)NC(C)(C)C2=O)n1. The second-order valence-electron chi connectivity index (χ2n) is 4.80. The number of urea groups is 1. The van der Waals surface area contributed by atoms with Gasteiger partial charge in [-0.2, -0.15) is 0 Å². The van der Waals surface area contributed by atoms with E-state index in [0.717, 1.165) is 4.90 Å². The summed E-state index contributed by atoms with van der Waals surface area (Å²) in [5.74, 6) is 0.383. The second kappa shape index (κ2) is 3.94. The normalized spacial score (nSPS) is 18.1. The molecule has 1 aromatic heterocycles. The number of imide groups is 1. The molecule has 7 nitrogen and oxygen atoms in total. The summed E-state index contributed by atoms with van der Waals surface area (Å²) in [5, 5.41) is 2.59. The van der Waals surface area contributed by atoms with Gasteiger partial charge >= 0.3 is 6.03 Å². The standard InChI is InChI=1S/C11H15N5O2/c1-6-4-7(12)14-8(13-6)5-16-9(17)11(2,3)15-10(16)18/h4H,5H2,1-3H3,(H,15,18)(H2,12,13,14). The first-order valence-corrected chi connectivity index (χ1v) is 5.54. The number of carbonyl (C=O) groups is 2.